The maximum Gasteiger partial charge on any atom is 0.252 e. The summed E-state index contributed by atoms with van der Waals surface area (Å²) in [4.78, 5) is 20.3. The first-order valence-corrected chi connectivity index (χ1v) is 7.07. The Kier molecular flexibility index (Phi) is 3.38. The van der Waals surface area contributed by atoms with E-state index in [1.165, 1.54) is 19.2 Å². The number of nitrogens with one attached hydrogen (secondary N) is 1. The van der Waals surface area contributed by atoms with E-state index in [-0.39, 0.29) is 5.91 Å². The molecule has 0 saturated heterocycles. The first kappa shape index (κ1) is 13.0. The van der Waals surface area contributed by atoms with Crippen molar-refractivity contribution in [3.63, 3.8) is 0 Å². The van der Waals surface area contributed by atoms with Crippen LogP contribution in [0.1, 0.15) is 36.2 Å². The van der Waals surface area contributed by atoms with Crippen molar-refractivity contribution in [2.75, 3.05) is 6.54 Å². The molecule has 0 aromatic carbocycles. The number of hydrogen-bond donors (Lipinski definition) is 1. The summed E-state index contributed by atoms with van der Waals surface area (Å²) in [5.74, 6) is 1.45. The van der Waals surface area contributed by atoms with Crippen molar-refractivity contribution < 1.29 is 4.79 Å². The fraction of sp³-hybridized carbons (Fsp3) is 0.571. The highest BCUT2D eigenvalue weighted by atomic mass is 16.1. The van der Waals surface area contributed by atoms with Crippen molar-refractivity contribution in [3.8, 4) is 0 Å². The van der Waals surface area contributed by atoms with Crippen molar-refractivity contribution >= 4 is 11.7 Å². The van der Waals surface area contributed by atoms with Gasteiger partial charge in [-0.05, 0) is 44.6 Å². The predicted octanol–water partition coefficient (Wildman–Crippen LogP) is 1.20. The molecule has 6 nitrogen and oxygen atoms in total. The van der Waals surface area contributed by atoms with Crippen LogP contribution in [0.3, 0.4) is 0 Å². The molecule has 1 N–H and O–H groups in total. The topological polar surface area (TPSA) is 72.2 Å². The van der Waals surface area contributed by atoms with E-state index in [0.29, 0.717) is 18.6 Å². The Morgan fingerprint density at radius 1 is 1.45 bits per heavy atom. The van der Waals surface area contributed by atoms with Crippen molar-refractivity contribution in [1.82, 2.24) is 24.9 Å². The molecule has 0 bridgehead atoms. The molecule has 2 aromatic heterocycles. The Bertz CT molecular complexity index is 644. The van der Waals surface area contributed by atoms with E-state index in [4.69, 9.17) is 0 Å². The summed E-state index contributed by atoms with van der Waals surface area (Å²) in [6.07, 6.45) is 5.20. The second-order valence-corrected chi connectivity index (χ2v) is 5.48. The average molecular weight is 273 g/mol. The van der Waals surface area contributed by atoms with Crippen molar-refractivity contribution in [3.05, 3.63) is 23.3 Å². The fourth-order valence-electron chi connectivity index (χ4n) is 2.42. The van der Waals surface area contributed by atoms with E-state index < -0.39 is 0 Å². The van der Waals surface area contributed by atoms with Crippen LogP contribution in [-0.4, -0.2) is 32.0 Å². The summed E-state index contributed by atoms with van der Waals surface area (Å²) in [6.45, 7) is 4.78. The van der Waals surface area contributed by atoms with Gasteiger partial charge in [0.2, 0.25) is 5.91 Å². The molecule has 2 aromatic rings. The number of carbonyl (C=O) groups is 1. The number of hydrogen-bond acceptors (Lipinski definition) is 4. The number of rotatable bonds is 5. The largest absolute Gasteiger partial charge is 0.356 e. The number of amides is 1. The lowest BCUT2D eigenvalue weighted by atomic mass is 10.1. The highest BCUT2D eigenvalue weighted by Gasteiger charge is 2.21. The van der Waals surface area contributed by atoms with Crippen LogP contribution in [-0.2, 0) is 11.2 Å². The number of aryl methyl sites for hydroxylation is 2. The number of fused-ring (bicyclic) bond motifs is 1. The molecule has 1 amide bonds. The third kappa shape index (κ3) is 2.64. The molecule has 1 aliphatic rings. The smallest absolute Gasteiger partial charge is 0.252 e. The lowest BCUT2D eigenvalue weighted by Gasteiger charge is -2.10. The highest BCUT2D eigenvalue weighted by Crippen LogP contribution is 2.27. The van der Waals surface area contributed by atoms with Crippen LogP contribution in [0.25, 0.3) is 5.78 Å². The average Bonchev–Trinajstić information content (AvgIpc) is 3.13. The lowest BCUT2D eigenvalue weighted by Crippen LogP contribution is -2.26. The van der Waals surface area contributed by atoms with E-state index >= 15 is 0 Å². The molecular formula is C14H19N5O. The van der Waals surface area contributed by atoms with Crippen LogP contribution in [0.2, 0.25) is 0 Å². The molecule has 0 atom stereocenters. The van der Waals surface area contributed by atoms with Crippen LogP contribution in [0, 0.1) is 19.8 Å². The molecule has 1 fully saturated rings. The third-order valence-corrected chi connectivity index (χ3v) is 3.88. The van der Waals surface area contributed by atoms with Gasteiger partial charge < -0.3 is 5.32 Å². The Morgan fingerprint density at radius 3 is 3.00 bits per heavy atom. The van der Waals surface area contributed by atoms with Crippen LogP contribution in [0.4, 0.5) is 0 Å². The van der Waals surface area contributed by atoms with Gasteiger partial charge in [-0.1, -0.05) is 0 Å². The van der Waals surface area contributed by atoms with E-state index in [2.05, 4.69) is 20.4 Å². The molecule has 0 unspecified atom stereocenters. The monoisotopic (exact) mass is 273 g/mol. The lowest BCUT2D eigenvalue weighted by molar-refractivity contribution is -0.121. The minimum Gasteiger partial charge on any atom is -0.356 e. The van der Waals surface area contributed by atoms with Crippen molar-refractivity contribution in [2.24, 2.45) is 5.92 Å². The molecule has 1 saturated carbocycles. The van der Waals surface area contributed by atoms with Crippen LogP contribution in [0.5, 0.6) is 0 Å². The van der Waals surface area contributed by atoms with Gasteiger partial charge in [-0.15, -0.1) is 0 Å². The van der Waals surface area contributed by atoms with Gasteiger partial charge >= 0.3 is 0 Å². The maximum atomic E-state index is 11.8. The molecule has 20 heavy (non-hydrogen) atoms. The minimum absolute atomic E-state index is 0.120. The molecule has 0 spiro atoms. The molecule has 3 rings (SSSR count). The van der Waals surface area contributed by atoms with Crippen LogP contribution < -0.4 is 5.32 Å². The first-order chi connectivity index (χ1) is 9.65. The predicted molar refractivity (Wildman–Crippen MR) is 74.3 cm³/mol. The van der Waals surface area contributed by atoms with Gasteiger partial charge in [0.05, 0.1) is 0 Å². The Balaban J connectivity index is 1.68. The maximum absolute atomic E-state index is 11.8. The fourth-order valence-corrected chi connectivity index (χ4v) is 2.42. The van der Waals surface area contributed by atoms with E-state index in [1.807, 2.05) is 13.8 Å². The zero-order valence-electron chi connectivity index (χ0n) is 11.9. The van der Waals surface area contributed by atoms with Crippen LogP contribution in [0.15, 0.2) is 6.33 Å². The Morgan fingerprint density at radius 2 is 2.25 bits per heavy atom. The first-order valence-electron chi connectivity index (χ1n) is 7.07. The summed E-state index contributed by atoms with van der Waals surface area (Å²) < 4.78 is 1.73. The summed E-state index contributed by atoms with van der Waals surface area (Å²) in [7, 11) is 0. The molecule has 6 heteroatoms. The van der Waals surface area contributed by atoms with Gasteiger partial charge in [0.15, 0.2) is 0 Å². The van der Waals surface area contributed by atoms with Gasteiger partial charge in [0, 0.05) is 24.4 Å². The quantitative estimate of drug-likeness (QED) is 0.888. The number of aromatic nitrogens is 4. The Hall–Kier alpha value is -1.98. The number of nitrogens with zero attached hydrogens (tertiary/aromatic N) is 4. The van der Waals surface area contributed by atoms with Crippen LogP contribution >= 0.6 is 0 Å². The van der Waals surface area contributed by atoms with Crippen molar-refractivity contribution in [2.45, 2.75) is 39.5 Å². The molecule has 1 aliphatic carbocycles. The molecule has 2 heterocycles. The van der Waals surface area contributed by atoms with Gasteiger partial charge in [-0.25, -0.2) is 9.50 Å². The molecule has 0 aliphatic heterocycles. The van der Waals surface area contributed by atoms with Crippen molar-refractivity contribution in [1.29, 1.82) is 0 Å². The van der Waals surface area contributed by atoms with Gasteiger partial charge in [0.25, 0.3) is 5.78 Å². The second-order valence-electron chi connectivity index (χ2n) is 5.48. The minimum atomic E-state index is 0.120. The SMILES string of the molecule is Cc1nc2ncnn2c(C)c1CCC(=O)NCC1CC1. The zero-order valence-corrected chi connectivity index (χ0v) is 11.9. The highest BCUT2D eigenvalue weighted by molar-refractivity contribution is 5.76. The van der Waals surface area contributed by atoms with E-state index in [1.54, 1.807) is 4.52 Å². The standard InChI is InChI=1S/C14H19N5O/c1-9-12(5-6-13(20)15-7-11-3-4-11)10(2)19-14(18-9)16-8-17-19/h8,11H,3-7H2,1-2H3,(H,15,20). The normalized spacial score (nSPS) is 14.7. The third-order valence-electron chi connectivity index (χ3n) is 3.88. The molecular weight excluding hydrogens is 254 g/mol. The van der Waals surface area contributed by atoms with Gasteiger partial charge in [-0.2, -0.15) is 10.1 Å². The van der Waals surface area contributed by atoms with E-state index in [9.17, 15) is 4.79 Å². The van der Waals surface area contributed by atoms with Gasteiger partial charge in [-0.3, -0.25) is 4.79 Å². The van der Waals surface area contributed by atoms with E-state index in [0.717, 1.165) is 29.4 Å². The summed E-state index contributed by atoms with van der Waals surface area (Å²) in [5, 5.41) is 7.15. The second kappa shape index (κ2) is 5.19. The molecule has 0 radical (unpaired) electrons. The Labute approximate surface area is 117 Å². The molecule has 106 valence electrons. The summed E-state index contributed by atoms with van der Waals surface area (Å²) in [5.41, 5.74) is 3.03. The zero-order chi connectivity index (χ0) is 14.1. The summed E-state index contributed by atoms with van der Waals surface area (Å²) >= 11 is 0. The number of carbonyl (C=O) groups excluding carboxylic acids is 1. The van der Waals surface area contributed by atoms with Gasteiger partial charge in [0.1, 0.15) is 6.33 Å². The summed E-state index contributed by atoms with van der Waals surface area (Å²) in [6, 6.07) is 0.